The Morgan fingerprint density at radius 3 is 2.57 bits per heavy atom. The topological polar surface area (TPSA) is 40.2 Å². The van der Waals surface area contributed by atoms with Crippen LogP contribution in [0, 0.1) is 5.92 Å². The summed E-state index contributed by atoms with van der Waals surface area (Å²) in [5.41, 5.74) is 0.848. The lowest BCUT2D eigenvalue weighted by atomic mass is 9.68. The standard InChI is InChI=1S/C16H29O4P/c1-11(2)7-9-18-15(3,4)14-13(17-5)12(20-21)6-8-16(14)10-19-16/h7,12-14H,6,8-10,21H2,1-5H3/t12?,13?,14?,16-/m0/s1. The van der Waals surface area contributed by atoms with Gasteiger partial charge in [0.15, 0.2) is 0 Å². The number of hydrogen-bond acceptors (Lipinski definition) is 4. The van der Waals surface area contributed by atoms with E-state index < -0.39 is 0 Å². The smallest absolute Gasteiger partial charge is 0.0998 e. The lowest BCUT2D eigenvalue weighted by molar-refractivity contribution is -0.165. The Bertz CT molecular complexity index is 386. The van der Waals surface area contributed by atoms with Crippen molar-refractivity contribution in [1.29, 1.82) is 0 Å². The summed E-state index contributed by atoms with van der Waals surface area (Å²) in [5.74, 6) is 0.167. The molecule has 4 unspecified atom stereocenters. The van der Waals surface area contributed by atoms with Gasteiger partial charge in [0.2, 0.25) is 0 Å². The summed E-state index contributed by atoms with van der Waals surface area (Å²) in [6.07, 6.45) is 4.14. The van der Waals surface area contributed by atoms with E-state index in [1.807, 2.05) is 0 Å². The van der Waals surface area contributed by atoms with Crippen LogP contribution in [0.1, 0.15) is 40.5 Å². The number of rotatable bonds is 6. The Morgan fingerprint density at radius 1 is 1.43 bits per heavy atom. The molecule has 4 nitrogen and oxygen atoms in total. The highest BCUT2D eigenvalue weighted by Crippen LogP contribution is 2.52. The normalized spacial score (nSPS) is 35.8. The number of ether oxygens (including phenoxy) is 3. The van der Waals surface area contributed by atoms with Gasteiger partial charge in [0.1, 0.15) is 0 Å². The van der Waals surface area contributed by atoms with Gasteiger partial charge in [-0.15, -0.1) is 0 Å². The van der Waals surface area contributed by atoms with E-state index in [0.29, 0.717) is 6.61 Å². The van der Waals surface area contributed by atoms with Crippen LogP contribution in [-0.2, 0) is 18.7 Å². The van der Waals surface area contributed by atoms with Gasteiger partial charge in [-0.05, 0) is 40.5 Å². The minimum atomic E-state index is -0.328. The number of hydrogen-bond donors (Lipinski definition) is 0. The predicted octanol–water partition coefficient (Wildman–Crippen LogP) is 3.12. The maximum Gasteiger partial charge on any atom is 0.0998 e. The molecule has 5 heteroatoms. The highest BCUT2D eigenvalue weighted by atomic mass is 31.0. The van der Waals surface area contributed by atoms with Crippen molar-refractivity contribution in [1.82, 2.24) is 0 Å². The van der Waals surface area contributed by atoms with E-state index in [1.165, 1.54) is 5.57 Å². The summed E-state index contributed by atoms with van der Waals surface area (Å²) >= 11 is 0. The highest BCUT2D eigenvalue weighted by molar-refractivity contribution is 7.09. The Labute approximate surface area is 130 Å². The van der Waals surface area contributed by atoms with Crippen LogP contribution in [0.25, 0.3) is 0 Å². The van der Waals surface area contributed by atoms with Crippen molar-refractivity contribution in [3.8, 4) is 0 Å². The first kappa shape index (κ1) is 17.4. The van der Waals surface area contributed by atoms with Crippen LogP contribution >= 0.6 is 9.47 Å². The van der Waals surface area contributed by atoms with Crippen molar-refractivity contribution >= 4 is 9.47 Å². The molecule has 0 aromatic rings. The van der Waals surface area contributed by atoms with E-state index in [2.05, 4.69) is 43.2 Å². The first-order valence-corrected chi connectivity index (χ1v) is 8.13. The molecule has 5 atom stereocenters. The molecule has 0 aromatic carbocycles. The molecule has 1 aliphatic carbocycles. The fraction of sp³-hybridized carbons (Fsp3) is 0.875. The molecule has 0 radical (unpaired) electrons. The van der Waals surface area contributed by atoms with Gasteiger partial charge in [-0.3, -0.25) is 0 Å². The molecular weight excluding hydrogens is 287 g/mol. The zero-order valence-electron chi connectivity index (χ0n) is 13.8. The van der Waals surface area contributed by atoms with Gasteiger partial charge in [-0.2, -0.15) is 0 Å². The minimum absolute atomic E-state index is 0.0135. The summed E-state index contributed by atoms with van der Waals surface area (Å²) in [7, 11) is 4.13. The van der Waals surface area contributed by atoms with Gasteiger partial charge < -0.3 is 18.7 Å². The van der Waals surface area contributed by atoms with E-state index >= 15 is 0 Å². The molecule has 122 valence electrons. The number of methoxy groups -OCH3 is 1. The van der Waals surface area contributed by atoms with E-state index in [1.54, 1.807) is 7.11 Å². The van der Waals surface area contributed by atoms with Crippen molar-refractivity contribution in [2.45, 2.75) is 63.9 Å². The fourth-order valence-corrected chi connectivity index (χ4v) is 3.90. The molecule has 2 fully saturated rings. The average Bonchev–Trinajstić information content (AvgIpc) is 3.17. The molecule has 2 rings (SSSR count). The molecule has 1 saturated carbocycles. The third-order valence-electron chi connectivity index (χ3n) is 4.77. The van der Waals surface area contributed by atoms with Crippen molar-refractivity contribution in [2.75, 3.05) is 20.3 Å². The van der Waals surface area contributed by atoms with E-state index in [9.17, 15) is 0 Å². The second-order valence-corrected chi connectivity index (χ2v) is 7.21. The lowest BCUT2D eigenvalue weighted by Gasteiger charge is -2.47. The Kier molecular flexibility index (Phi) is 5.49. The van der Waals surface area contributed by atoms with Crippen molar-refractivity contribution in [3.63, 3.8) is 0 Å². The van der Waals surface area contributed by atoms with Gasteiger partial charge in [0.05, 0.1) is 36.6 Å². The second-order valence-electron chi connectivity index (χ2n) is 6.94. The minimum Gasteiger partial charge on any atom is -0.378 e. The molecule has 2 aliphatic rings. The van der Waals surface area contributed by atoms with Crippen LogP contribution < -0.4 is 0 Å². The molecule has 1 heterocycles. The molecule has 0 aromatic heterocycles. The molecule has 21 heavy (non-hydrogen) atoms. The largest absolute Gasteiger partial charge is 0.378 e. The summed E-state index contributed by atoms with van der Waals surface area (Å²) < 4.78 is 23.4. The third-order valence-corrected chi connectivity index (χ3v) is 5.12. The Morgan fingerprint density at radius 2 is 2.10 bits per heavy atom. The number of allylic oxidation sites excluding steroid dienone is 1. The summed E-state index contributed by atoms with van der Waals surface area (Å²) in [6, 6.07) is 0. The van der Waals surface area contributed by atoms with E-state index in [4.69, 9.17) is 18.7 Å². The highest BCUT2D eigenvalue weighted by Gasteiger charge is 2.63. The van der Waals surface area contributed by atoms with Gasteiger partial charge in [-0.1, -0.05) is 11.6 Å². The van der Waals surface area contributed by atoms with E-state index in [-0.39, 0.29) is 29.3 Å². The van der Waals surface area contributed by atoms with Gasteiger partial charge in [0, 0.05) is 22.5 Å². The first-order valence-electron chi connectivity index (χ1n) is 7.66. The van der Waals surface area contributed by atoms with Crippen molar-refractivity contribution in [2.24, 2.45) is 5.92 Å². The fourth-order valence-electron chi connectivity index (χ4n) is 3.61. The first-order chi connectivity index (χ1) is 9.86. The van der Waals surface area contributed by atoms with Crippen molar-refractivity contribution < 1.29 is 18.7 Å². The van der Waals surface area contributed by atoms with Crippen LogP contribution in [0.15, 0.2) is 11.6 Å². The van der Waals surface area contributed by atoms with Crippen LogP contribution in [0.5, 0.6) is 0 Å². The third kappa shape index (κ3) is 3.68. The van der Waals surface area contributed by atoms with Gasteiger partial charge in [0.25, 0.3) is 0 Å². The molecule has 0 bridgehead atoms. The van der Waals surface area contributed by atoms with Gasteiger partial charge >= 0.3 is 0 Å². The second kappa shape index (κ2) is 6.64. The quantitative estimate of drug-likeness (QED) is 0.429. The zero-order chi connectivity index (χ0) is 15.7. The number of epoxide rings is 1. The van der Waals surface area contributed by atoms with Crippen LogP contribution in [-0.4, -0.2) is 43.7 Å². The lowest BCUT2D eigenvalue weighted by Crippen LogP contribution is -2.58. The Hall–Kier alpha value is 0.0100. The predicted molar refractivity (Wildman–Crippen MR) is 86.2 cm³/mol. The van der Waals surface area contributed by atoms with Crippen molar-refractivity contribution in [3.05, 3.63) is 11.6 Å². The summed E-state index contributed by atoms with van der Waals surface area (Å²) in [4.78, 5) is 0. The Balaban J connectivity index is 2.17. The van der Waals surface area contributed by atoms with Crippen LogP contribution in [0.3, 0.4) is 0 Å². The molecular formula is C16H29O4P. The molecule has 1 spiro atoms. The summed E-state index contributed by atoms with van der Waals surface area (Å²) in [6.45, 7) is 9.85. The van der Waals surface area contributed by atoms with Crippen LogP contribution in [0.4, 0.5) is 0 Å². The van der Waals surface area contributed by atoms with Gasteiger partial charge in [-0.25, -0.2) is 0 Å². The SMILES string of the molecule is COC1C(OP)CC[C@]2(CO2)C1C(C)(C)OCC=C(C)C. The van der Waals surface area contributed by atoms with E-state index in [0.717, 1.165) is 19.4 Å². The molecule has 1 saturated heterocycles. The molecule has 0 N–H and O–H groups in total. The average molecular weight is 316 g/mol. The maximum atomic E-state index is 6.18. The zero-order valence-corrected chi connectivity index (χ0v) is 15.0. The monoisotopic (exact) mass is 316 g/mol. The summed E-state index contributed by atoms with van der Waals surface area (Å²) in [5, 5.41) is 0. The van der Waals surface area contributed by atoms with Crippen LogP contribution in [0.2, 0.25) is 0 Å². The molecule has 1 aliphatic heterocycles. The maximum absolute atomic E-state index is 6.18. The molecule has 0 amide bonds.